The van der Waals surface area contributed by atoms with Crippen LogP contribution in [0.4, 0.5) is 0 Å². The first-order chi connectivity index (χ1) is 19.0. The van der Waals surface area contributed by atoms with Gasteiger partial charge in [0, 0.05) is 10.0 Å². The van der Waals surface area contributed by atoms with Crippen LogP contribution in [0.5, 0.6) is 23.0 Å². The summed E-state index contributed by atoms with van der Waals surface area (Å²) in [4.78, 5) is 24.8. The Balaban J connectivity index is 1.27. The van der Waals surface area contributed by atoms with Crippen LogP contribution >= 0.6 is 15.9 Å². The number of hydrogen-bond acceptors (Lipinski definition) is 7. The molecule has 4 rings (SSSR count). The highest BCUT2D eigenvalue weighted by Crippen LogP contribution is 2.23. The van der Waals surface area contributed by atoms with E-state index in [1.807, 2.05) is 30.3 Å². The highest BCUT2D eigenvalue weighted by Gasteiger charge is 2.12. The average Bonchev–Trinajstić information content (AvgIpc) is 2.97. The first kappa shape index (κ1) is 27.4. The number of nitrogens with zero attached hydrogens (tertiary/aromatic N) is 1. The Kier molecular flexibility index (Phi) is 9.68. The van der Waals surface area contributed by atoms with Gasteiger partial charge in [-0.3, -0.25) is 4.79 Å². The van der Waals surface area contributed by atoms with Crippen LogP contribution < -0.4 is 24.4 Å². The van der Waals surface area contributed by atoms with Crippen molar-refractivity contribution in [2.45, 2.75) is 6.61 Å². The van der Waals surface area contributed by atoms with Crippen LogP contribution in [-0.4, -0.2) is 31.8 Å². The number of benzene rings is 4. The standard InChI is InChI=1S/C30H25BrN2O6/c1-36-25-10-7-22(8-11-25)30(35)39-28-16-9-24(31)17-23(28)18-32-33-29(34)20-38-27-14-12-26(13-15-27)37-19-21-5-3-2-4-6-21/h2-18H,19-20H2,1H3,(H,33,34)/b32-18+. The van der Waals surface area contributed by atoms with Crippen molar-refractivity contribution in [2.75, 3.05) is 13.7 Å². The summed E-state index contributed by atoms with van der Waals surface area (Å²) in [5.74, 6) is 1.13. The minimum absolute atomic E-state index is 0.237. The van der Waals surface area contributed by atoms with Gasteiger partial charge in [-0.2, -0.15) is 5.10 Å². The van der Waals surface area contributed by atoms with Gasteiger partial charge < -0.3 is 18.9 Å². The van der Waals surface area contributed by atoms with E-state index in [9.17, 15) is 9.59 Å². The third kappa shape index (κ3) is 8.44. The number of carbonyl (C=O) groups excluding carboxylic acids is 2. The lowest BCUT2D eigenvalue weighted by Gasteiger charge is -2.09. The molecule has 0 aliphatic carbocycles. The van der Waals surface area contributed by atoms with E-state index in [4.69, 9.17) is 18.9 Å². The summed E-state index contributed by atoms with van der Waals surface area (Å²) in [5.41, 5.74) is 4.33. The molecule has 0 aromatic heterocycles. The van der Waals surface area contributed by atoms with Crippen LogP contribution in [-0.2, 0) is 11.4 Å². The molecule has 0 saturated carbocycles. The quantitative estimate of drug-likeness (QED) is 0.103. The largest absolute Gasteiger partial charge is 0.497 e. The Morgan fingerprint density at radius 2 is 1.51 bits per heavy atom. The van der Waals surface area contributed by atoms with E-state index in [1.165, 1.54) is 6.21 Å². The lowest BCUT2D eigenvalue weighted by atomic mass is 10.2. The predicted octanol–water partition coefficient (Wildman–Crippen LogP) is 5.79. The third-order valence-electron chi connectivity index (χ3n) is 5.34. The Labute approximate surface area is 234 Å². The molecule has 0 spiro atoms. The number of rotatable bonds is 11. The summed E-state index contributed by atoms with van der Waals surface area (Å²) in [6.07, 6.45) is 1.39. The van der Waals surface area contributed by atoms with Gasteiger partial charge in [0.2, 0.25) is 0 Å². The van der Waals surface area contributed by atoms with Crippen LogP contribution in [0.2, 0.25) is 0 Å². The van der Waals surface area contributed by atoms with Crippen LogP contribution in [0.15, 0.2) is 107 Å². The first-order valence-corrected chi connectivity index (χ1v) is 12.7. The van der Waals surface area contributed by atoms with Crippen molar-refractivity contribution in [3.8, 4) is 23.0 Å². The van der Waals surface area contributed by atoms with Crippen LogP contribution in [0.3, 0.4) is 0 Å². The molecule has 0 fully saturated rings. The second-order valence-electron chi connectivity index (χ2n) is 8.13. The Hall–Kier alpha value is -4.63. The summed E-state index contributed by atoms with van der Waals surface area (Å²) in [6, 6.07) is 28.5. The topological polar surface area (TPSA) is 95.5 Å². The molecular weight excluding hydrogens is 564 g/mol. The van der Waals surface area contributed by atoms with E-state index in [-0.39, 0.29) is 12.4 Å². The zero-order valence-electron chi connectivity index (χ0n) is 21.0. The molecule has 0 aliphatic rings. The smallest absolute Gasteiger partial charge is 0.343 e. The number of esters is 1. The molecule has 39 heavy (non-hydrogen) atoms. The van der Waals surface area contributed by atoms with Crippen molar-refractivity contribution in [1.82, 2.24) is 5.43 Å². The van der Waals surface area contributed by atoms with Crippen molar-refractivity contribution >= 4 is 34.0 Å². The molecule has 9 heteroatoms. The highest BCUT2D eigenvalue weighted by atomic mass is 79.9. The molecule has 0 atom stereocenters. The van der Waals surface area contributed by atoms with Gasteiger partial charge in [-0.05, 0) is 72.3 Å². The van der Waals surface area contributed by atoms with E-state index in [1.54, 1.807) is 73.8 Å². The number of amides is 1. The maximum absolute atomic E-state index is 12.6. The summed E-state index contributed by atoms with van der Waals surface area (Å²) in [5, 5.41) is 3.97. The van der Waals surface area contributed by atoms with Crippen molar-refractivity contribution in [3.05, 3.63) is 118 Å². The number of methoxy groups -OCH3 is 1. The maximum Gasteiger partial charge on any atom is 0.343 e. The monoisotopic (exact) mass is 588 g/mol. The summed E-state index contributed by atoms with van der Waals surface area (Å²) in [6.45, 7) is 0.223. The molecule has 8 nitrogen and oxygen atoms in total. The van der Waals surface area contributed by atoms with Gasteiger partial charge in [-0.25, -0.2) is 10.2 Å². The minimum Gasteiger partial charge on any atom is -0.497 e. The summed E-state index contributed by atoms with van der Waals surface area (Å²) < 4.78 is 22.7. The molecule has 4 aromatic carbocycles. The van der Waals surface area contributed by atoms with E-state index >= 15 is 0 Å². The number of halogens is 1. The van der Waals surface area contributed by atoms with Crippen molar-refractivity contribution < 1.29 is 28.5 Å². The van der Waals surface area contributed by atoms with Gasteiger partial charge in [-0.15, -0.1) is 0 Å². The fourth-order valence-corrected chi connectivity index (χ4v) is 3.71. The number of ether oxygens (including phenoxy) is 4. The van der Waals surface area contributed by atoms with E-state index in [2.05, 4.69) is 26.5 Å². The molecule has 0 unspecified atom stereocenters. The molecule has 0 aliphatic heterocycles. The highest BCUT2D eigenvalue weighted by molar-refractivity contribution is 9.10. The van der Waals surface area contributed by atoms with Crippen molar-refractivity contribution in [2.24, 2.45) is 5.10 Å². The number of hydrogen-bond donors (Lipinski definition) is 1. The SMILES string of the molecule is COc1ccc(C(=O)Oc2ccc(Br)cc2/C=N/NC(=O)COc2ccc(OCc3ccccc3)cc2)cc1. The fraction of sp³-hybridized carbons (Fsp3) is 0.100. The lowest BCUT2D eigenvalue weighted by molar-refractivity contribution is -0.123. The van der Waals surface area contributed by atoms with Crippen molar-refractivity contribution in [1.29, 1.82) is 0 Å². The van der Waals surface area contributed by atoms with Gasteiger partial charge in [0.05, 0.1) is 18.9 Å². The molecule has 0 bridgehead atoms. The minimum atomic E-state index is -0.538. The number of hydrazone groups is 1. The van der Waals surface area contributed by atoms with E-state index in [0.717, 1.165) is 10.0 Å². The third-order valence-corrected chi connectivity index (χ3v) is 5.83. The molecular formula is C30H25BrN2O6. The van der Waals surface area contributed by atoms with Crippen LogP contribution in [0.1, 0.15) is 21.5 Å². The second-order valence-corrected chi connectivity index (χ2v) is 9.04. The summed E-state index contributed by atoms with van der Waals surface area (Å²) in [7, 11) is 1.55. The normalized spacial score (nSPS) is 10.6. The molecule has 0 heterocycles. The molecule has 0 saturated heterocycles. The number of carbonyl (C=O) groups is 2. The van der Waals surface area contributed by atoms with Crippen molar-refractivity contribution in [3.63, 3.8) is 0 Å². The predicted molar refractivity (Wildman–Crippen MR) is 151 cm³/mol. The molecule has 198 valence electrons. The van der Waals surface area contributed by atoms with Gasteiger partial charge in [0.1, 0.15) is 29.6 Å². The molecule has 1 N–H and O–H groups in total. The summed E-state index contributed by atoms with van der Waals surface area (Å²) >= 11 is 3.39. The Bertz CT molecular complexity index is 1420. The maximum atomic E-state index is 12.6. The fourth-order valence-electron chi connectivity index (χ4n) is 3.33. The molecule has 0 radical (unpaired) electrons. The average molecular weight is 589 g/mol. The Morgan fingerprint density at radius 3 is 2.21 bits per heavy atom. The van der Waals surface area contributed by atoms with E-state index in [0.29, 0.717) is 35.0 Å². The lowest BCUT2D eigenvalue weighted by Crippen LogP contribution is -2.24. The van der Waals surface area contributed by atoms with Gasteiger partial charge in [0.25, 0.3) is 5.91 Å². The van der Waals surface area contributed by atoms with Gasteiger partial charge >= 0.3 is 5.97 Å². The number of nitrogens with one attached hydrogen (secondary N) is 1. The first-order valence-electron chi connectivity index (χ1n) is 11.9. The zero-order chi connectivity index (χ0) is 27.5. The second kappa shape index (κ2) is 13.8. The van der Waals surface area contributed by atoms with Crippen LogP contribution in [0, 0.1) is 0 Å². The van der Waals surface area contributed by atoms with Gasteiger partial charge in [0.15, 0.2) is 6.61 Å². The molecule has 1 amide bonds. The van der Waals surface area contributed by atoms with Crippen LogP contribution in [0.25, 0.3) is 0 Å². The molecule has 4 aromatic rings. The van der Waals surface area contributed by atoms with Gasteiger partial charge in [-0.1, -0.05) is 46.3 Å². The Morgan fingerprint density at radius 1 is 0.846 bits per heavy atom. The van der Waals surface area contributed by atoms with E-state index < -0.39 is 11.9 Å². The zero-order valence-corrected chi connectivity index (χ0v) is 22.6.